The summed E-state index contributed by atoms with van der Waals surface area (Å²) in [5.41, 5.74) is 4.29. The molecule has 26 heavy (non-hydrogen) atoms. The lowest BCUT2D eigenvalue weighted by molar-refractivity contribution is 0.407. The van der Waals surface area contributed by atoms with E-state index in [-0.39, 0.29) is 0 Å². The van der Waals surface area contributed by atoms with E-state index in [0.29, 0.717) is 12.5 Å². The molecule has 0 unspecified atom stereocenters. The monoisotopic (exact) mass is 355 g/mol. The zero-order chi connectivity index (χ0) is 18.7. The number of pyridine rings is 1. The van der Waals surface area contributed by atoms with Gasteiger partial charge in [-0.05, 0) is 40.2 Å². The molecule has 0 amide bonds. The summed E-state index contributed by atoms with van der Waals surface area (Å²) in [4.78, 5) is 16.1. The molecule has 1 saturated heterocycles. The van der Waals surface area contributed by atoms with Gasteiger partial charge in [0, 0.05) is 42.9 Å². The van der Waals surface area contributed by atoms with Crippen LogP contribution in [0.4, 0.5) is 5.82 Å². The second-order valence-corrected chi connectivity index (χ2v) is 7.14. The van der Waals surface area contributed by atoms with Gasteiger partial charge in [-0.3, -0.25) is 4.98 Å². The fourth-order valence-electron chi connectivity index (χ4n) is 3.62. The number of methoxy groups -OCH3 is 1. The number of nitrogens with zero attached hydrogens (tertiary/aromatic N) is 4. The third-order valence-corrected chi connectivity index (χ3v) is 5.09. The molecule has 1 N–H and O–H groups in total. The van der Waals surface area contributed by atoms with Gasteiger partial charge in [0.05, 0.1) is 25.0 Å². The largest absolute Gasteiger partial charge is 0.496 e. The molecule has 0 bridgehead atoms. The number of ether oxygens (including phenoxy) is 1. The first-order valence-electron chi connectivity index (χ1n) is 9.26. The Morgan fingerprint density at radius 3 is 2.77 bits per heavy atom. The highest BCUT2D eigenvalue weighted by Gasteiger charge is 2.19. The van der Waals surface area contributed by atoms with E-state index in [4.69, 9.17) is 9.72 Å². The summed E-state index contributed by atoms with van der Waals surface area (Å²) in [5.74, 6) is 3.15. The van der Waals surface area contributed by atoms with Gasteiger partial charge in [0.25, 0.3) is 0 Å². The topological polar surface area (TPSA) is 63.2 Å². The normalized spacial score (nSPS) is 17.2. The SMILES string of the molecule is COc1c(C)cnc(CN(C)c2cc([C@@H]3CCCNC3)nc(C)n2)c1C. The smallest absolute Gasteiger partial charge is 0.132 e. The minimum Gasteiger partial charge on any atom is -0.496 e. The molecule has 1 aliphatic rings. The van der Waals surface area contributed by atoms with Crippen LogP contribution in [0.3, 0.4) is 0 Å². The Bertz CT molecular complexity index is 771. The van der Waals surface area contributed by atoms with Crippen molar-refractivity contribution >= 4 is 5.82 Å². The van der Waals surface area contributed by atoms with E-state index in [0.717, 1.165) is 53.0 Å². The minimum atomic E-state index is 0.469. The lowest BCUT2D eigenvalue weighted by Crippen LogP contribution is -2.29. The van der Waals surface area contributed by atoms with Crippen LogP contribution in [0.5, 0.6) is 5.75 Å². The average molecular weight is 355 g/mol. The number of rotatable bonds is 5. The molecule has 0 saturated carbocycles. The Labute approximate surface area is 156 Å². The molecule has 1 atom stereocenters. The van der Waals surface area contributed by atoms with Crippen molar-refractivity contribution in [1.82, 2.24) is 20.3 Å². The zero-order valence-corrected chi connectivity index (χ0v) is 16.5. The van der Waals surface area contributed by atoms with Crippen molar-refractivity contribution in [2.24, 2.45) is 0 Å². The molecule has 0 aliphatic carbocycles. The van der Waals surface area contributed by atoms with E-state index in [9.17, 15) is 0 Å². The lowest BCUT2D eigenvalue weighted by atomic mass is 9.96. The van der Waals surface area contributed by atoms with E-state index in [2.05, 4.69) is 40.2 Å². The zero-order valence-electron chi connectivity index (χ0n) is 16.5. The molecular formula is C20H29N5O. The van der Waals surface area contributed by atoms with Crippen LogP contribution in [0.15, 0.2) is 12.3 Å². The summed E-state index contributed by atoms with van der Waals surface area (Å²) in [6.07, 6.45) is 4.26. The van der Waals surface area contributed by atoms with Gasteiger partial charge in [-0.25, -0.2) is 9.97 Å². The molecule has 3 rings (SSSR count). The summed E-state index contributed by atoms with van der Waals surface area (Å²) in [7, 11) is 3.76. The first-order valence-corrected chi connectivity index (χ1v) is 9.26. The van der Waals surface area contributed by atoms with Crippen molar-refractivity contribution in [2.45, 2.75) is 46.1 Å². The van der Waals surface area contributed by atoms with Crippen LogP contribution < -0.4 is 15.0 Å². The molecule has 0 spiro atoms. The van der Waals surface area contributed by atoms with Gasteiger partial charge in [0.15, 0.2) is 0 Å². The highest BCUT2D eigenvalue weighted by atomic mass is 16.5. The first-order chi connectivity index (χ1) is 12.5. The molecular weight excluding hydrogens is 326 g/mol. The van der Waals surface area contributed by atoms with Gasteiger partial charge in [0.2, 0.25) is 0 Å². The maximum Gasteiger partial charge on any atom is 0.132 e. The highest BCUT2D eigenvalue weighted by Crippen LogP contribution is 2.27. The number of piperidine rings is 1. The fraction of sp³-hybridized carbons (Fsp3) is 0.550. The lowest BCUT2D eigenvalue weighted by Gasteiger charge is -2.25. The molecule has 6 heteroatoms. The van der Waals surface area contributed by atoms with Gasteiger partial charge in [-0.2, -0.15) is 0 Å². The van der Waals surface area contributed by atoms with Crippen molar-refractivity contribution in [3.05, 3.63) is 40.6 Å². The molecule has 2 aromatic heterocycles. The second-order valence-electron chi connectivity index (χ2n) is 7.14. The van der Waals surface area contributed by atoms with Gasteiger partial charge in [-0.15, -0.1) is 0 Å². The Morgan fingerprint density at radius 2 is 2.08 bits per heavy atom. The Hall–Kier alpha value is -2.21. The van der Waals surface area contributed by atoms with Gasteiger partial charge in [0.1, 0.15) is 17.4 Å². The molecule has 0 radical (unpaired) electrons. The van der Waals surface area contributed by atoms with Crippen LogP contribution in [-0.4, -0.2) is 42.2 Å². The summed E-state index contributed by atoms with van der Waals surface area (Å²) in [6, 6.07) is 2.13. The molecule has 3 heterocycles. The predicted molar refractivity (Wildman–Crippen MR) is 104 cm³/mol. The molecule has 0 aromatic carbocycles. The third kappa shape index (κ3) is 3.96. The first kappa shape index (κ1) is 18.6. The molecule has 1 aliphatic heterocycles. The summed E-state index contributed by atoms with van der Waals surface area (Å²) in [5, 5.41) is 3.47. The maximum atomic E-state index is 5.53. The number of hydrogen-bond acceptors (Lipinski definition) is 6. The summed E-state index contributed by atoms with van der Waals surface area (Å²) >= 11 is 0. The van der Waals surface area contributed by atoms with Gasteiger partial charge < -0.3 is 15.0 Å². The van der Waals surface area contributed by atoms with Crippen LogP contribution in [0.2, 0.25) is 0 Å². The number of aromatic nitrogens is 3. The summed E-state index contributed by atoms with van der Waals surface area (Å²) in [6.45, 7) is 8.83. The Balaban J connectivity index is 1.84. The highest BCUT2D eigenvalue weighted by molar-refractivity contribution is 5.45. The quantitative estimate of drug-likeness (QED) is 0.890. The van der Waals surface area contributed by atoms with Crippen molar-refractivity contribution < 1.29 is 4.74 Å². The van der Waals surface area contributed by atoms with Crippen LogP contribution in [-0.2, 0) is 6.54 Å². The summed E-state index contributed by atoms with van der Waals surface area (Å²) < 4.78 is 5.53. The number of aryl methyl sites for hydroxylation is 2. The van der Waals surface area contributed by atoms with Crippen LogP contribution >= 0.6 is 0 Å². The number of anilines is 1. The van der Waals surface area contributed by atoms with E-state index in [1.54, 1.807) is 7.11 Å². The van der Waals surface area contributed by atoms with Crippen molar-refractivity contribution in [3.8, 4) is 5.75 Å². The number of hydrogen-bond donors (Lipinski definition) is 1. The number of nitrogens with one attached hydrogen (secondary N) is 1. The Morgan fingerprint density at radius 1 is 1.27 bits per heavy atom. The van der Waals surface area contributed by atoms with Crippen LogP contribution in [0, 0.1) is 20.8 Å². The second kappa shape index (κ2) is 7.99. The van der Waals surface area contributed by atoms with E-state index >= 15 is 0 Å². The van der Waals surface area contributed by atoms with Crippen LogP contribution in [0.25, 0.3) is 0 Å². The van der Waals surface area contributed by atoms with E-state index in [1.807, 2.05) is 20.0 Å². The van der Waals surface area contributed by atoms with Crippen molar-refractivity contribution in [3.63, 3.8) is 0 Å². The van der Waals surface area contributed by atoms with Crippen molar-refractivity contribution in [2.75, 3.05) is 32.1 Å². The molecule has 140 valence electrons. The van der Waals surface area contributed by atoms with Crippen LogP contribution in [0.1, 0.15) is 47.1 Å². The van der Waals surface area contributed by atoms with E-state index < -0.39 is 0 Å². The molecule has 1 fully saturated rings. The Kier molecular flexibility index (Phi) is 5.71. The van der Waals surface area contributed by atoms with Crippen molar-refractivity contribution in [1.29, 1.82) is 0 Å². The standard InChI is InChI=1S/C20H29N5O/c1-13-10-22-18(14(2)20(13)26-5)12-25(4)19-9-17(23-15(3)24-19)16-7-6-8-21-11-16/h9-10,16,21H,6-8,11-12H2,1-5H3/t16-/m1/s1. The maximum absolute atomic E-state index is 5.53. The fourth-order valence-corrected chi connectivity index (χ4v) is 3.62. The molecule has 2 aromatic rings. The third-order valence-electron chi connectivity index (χ3n) is 5.09. The van der Waals surface area contributed by atoms with E-state index in [1.165, 1.54) is 12.8 Å². The molecule has 6 nitrogen and oxygen atoms in total. The average Bonchev–Trinajstić information content (AvgIpc) is 2.64. The minimum absolute atomic E-state index is 0.469. The van der Waals surface area contributed by atoms with Gasteiger partial charge >= 0.3 is 0 Å². The van der Waals surface area contributed by atoms with Gasteiger partial charge in [-0.1, -0.05) is 0 Å². The predicted octanol–water partition coefficient (Wildman–Crippen LogP) is 2.91.